The molecular formula is C15H19N4O6S+. The van der Waals surface area contributed by atoms with Crippen LogP contribution in [0, 0.1) is 4.91 Å². The van der Waals surface area contributed by atoms with E-state index in [1.54, 1.807) is 46.3 Å². The molecule has 26 heavy (non-hydrogen) atoms. The molecule has 10 nitrogen and oxygen atoms in total. The molecule has 3 N–H and O–H groups in total. The average molecular weight is 383 g/mol. The Kier molecular flexibility index (Phi) is 8.28. The minimum Gasteiger partial charge on any atom is -0.366 e. The molecule has 2 heterocycles. The van der Waals surface area contributed by atoms with Crippen molar-refractivity contribution in [1.82, 2.24) is 4.90 Å². The predicted molar refractivity (Wildman–Crippen MR) is 92.6 cm³/mol. The first-order valence-corrected chi connectivity index (χ1v) is 8.99. The molecule has 0 bridgehead atoms. The third kappa shape index (κ3) is 8.82. The number of nitroso groups, excluding NO2 is 1. The molecule has 1 aromatic rings. The van der Waals surface area contributed by atoms with Crippen LogP contribution in [0.5, 0.6) is 0 Å². The fourth-order valence-corrected chi connectivity index (χ4v) is 1.73. The second-order valence-corrected chi connectivity index (χ2v) is 6.46. The number of aromatic nitrogens is 1. The van der Waals surface area contributed by atoms with Crippen LogP contribution in [0.15, 0.2) is 66.0 Å². The number of ether oxygens (including phenoxy) is 1. The van der Waals surface area contributed by atoms with Crippen LogP contribution in [-0.2, 0) is 21.6 Å². The van der Waals surface area contributed by atoms with Gasteiger partial charge < -0.3 is 15.4 Å². The van der Waals surface area contributed by atoms with Crippen molar-refractivity contribution >= 4 is 16.0 Å². The summed E-state index contributed by atoms with van der Waals surface area (Å²) in [5.41, 5.74) is 6.26. The molecule has 1 aliphatic heterocycles. The van der Waals surface area contributed by atoms with Gasteiger partial charge in [-0.05, 0) is 17.3 Å². The Balaban J connectivity index is 0.000000597. The Hall–Kier alpha value is -2.89. The highest BCUT2D eigenvalue weighted by molar-refractivity contribution is 7.85. The molecule has 1 aromatic heterocycles. The number of nitrogens with two attached hydrogens (primary N) is 1. The molecule has 0 saturated heterocycles. The lowest BCUT2D eigenvalue weighted by Gasteiger charge is -2.21. The first kappa shape index (κ1) is 21.2. The topological polar surface area (TPSA) is 143 Å². The van der Waals surface area contributed by atoms with Crippen molar-refractivity contribution in [2.75, 3.05) is 13.0 Å². The summed E-state index contributed by atoms with van der Waals surface area (Å²) in [5, 5.41) is 2.76. The number of rotatable bonds is 6. The van der Waals surface area contributed by atoms with E-state index in [4.69, 9.17) is 15.0 Å². The first-order chi connectivity index (χ1) is 12.2. The number of pyridine rings is 1. The van der Waals surface area contributed by atoms with Crippen molar-refractivity contribution in [2.24, 2.45) is 10.9 Å². The SMILES string of the molecule is CS(=O)(=O)O.NC(=O)c1cc[n+](COCN2C=CC=C/C2=C\N=O)cc1. The number of allylic oxidation sites excluding steroid dienone is 3. The second-order valence-electron chi connectivity index (χ2n) is 4.99. The van der Waals surface area contributed by atoms with Gasteiger partial charge in [-0.15, -0.1) is 4.91 Å². The third-order valence-corrected chi connectivity index (χ3v) is 2.81. The Morgan fingerprint density at radius 1 is 1.38 bits per heavy atom. The van der Waals surface area contributed by atoms with Gasteiger partial charge in [-0.3, -0.25) is 9.35 Å². The Morgan fingerprint density at radius 3 is 2.54 bits per heavy atom. The van der Waals surface area contributed by atoms with Gasteiger partial charge in [0.05, 0.1) is 23.7 Å². The number of primary amides is 1. The van der Waals surface area contributed by atoms with Crippen molar-refractivity contribution < 1.29 is 27.1 Å². The van der Waals surface area contributed by atoms with E-state index in [0.717, 1.165) is 0 Å². The Morgan fingerprint density at radius 2 is 2.00 bits per heavy atom. The quantitative estimate of drug-likeness (QED) is 0.413. The molecule has 0 spiro atoms. The van der Waals surface area contributed by atoms with Crippen LogP contribution in [0.1, 0.15) is 10.4 Å². The lowest BCUT2D eigenvalue weighted by molar-refractivity contribution is -0.733. The van der Waals surface area contributed by atoms with Gasteiger partial charge in [0.2, 0.25) is 5.91 Å². The maximum atomic E-state index is 11.0. The highest BCUT2D eigenvalue weighted by Crippen LogP contribution is 2.12. The van der Waals surface area contributed by atoms with Crippen LogP contribution >= 0.6 is 0 Å². The van der Waals surface area contributed by atoms with E-state index in [9.17, 15) is 18.1 Å². The van der Waals surface area contributed by atoms with Gasteiger partial charge in [0.15, 0.2) is 12.4 Å². The summed E-state index contributed by atoms with van der Waals surface area (Å²) in [5.74, 6) is -0.468. The van der Waals surface area contributed by atoms with E-state index >= 15 is 0 Å². The monoisotopic (exact) mass is 383 g/mol. The van der Waals surface area contributed by atoms with Gasteiger partial charge in [0.1, 0.15) is 6.73 Å². The van der Waals surface area contributed by atoms with E-state index < -0.39 is 16.0 Å². The average Bonchev–Trinajstić information content (AvgIpc) is 2.55. The minimum atomic E-state index is -3.67. The van der Waals surface area contributed by atoms with Gasteiger partial charge in [0, 0.05) is 18.3 Å². The van der Waals surface area contributed by atoms with Gasteiger partial charge in [0.25, 0.3) is 16.8 Å². The number of amides is 1. The van der Waals surface area contributed by atoms with Gasteiger partial charge in [-0.1, -0.05) is 6.08 Å². The summed E-state index contributed by atoms with van der Waals surface area (Å²) < 4.78 is 33.2. The molecule has 0 fully saturated rings. The smallest absolute Gasteiger partial charge is 0.261 e. The molecule has 0 aromatic carbocycles. The lowest BCUT2D eigenvalue weighted by Crippen LogP contribution is -2.36. The van der Waals surface area contributed by atoms with Crippen LogP contribution in [0.3, 0.4) is 0 Å². The molecule has 11 heteroatoms. The zero-order chi connectivity index (χ0) is 19.6. The normalized spacial score (nSPS) is 14.7. The van der Waals surface area contributed by atoms with Gasteiger partial charge >= 0.3 is 0 Å². The minimum absolute atomic E-state index is 0.271. The maximum Gasteiger partial charge on any atom is 0.261 e. The molecule has 1 amide bonds. The van der Waals surface area contributed by atoms with Crippen LogP contribution in [0.25, 0.3) is 0 Å². The van der Waals surface area contributed by atoms with Crippen LogP contribution < -0.4 is 10.3 Å². The van der Waals surface area contributed by atoms with Crippen molar-refractivity contribution in [1.29, 1.82) is 0 Å². The number of carbonyl (C=O) groups is 1. The molecule has 2 rings (SSSR count). The van der Waals surface area contributed by atoms with Crippen LogP contribution in [0.2, 0.25) is 0 Å². The molecule has 0 atom stereocenters. The zero-order valence-electron chi connectivity index (χ0n) is 13.9. The van der Waals surface area contributed by atoms with E-state index in [1.807, 2.05) is 12.2 Å². The number of nitrogens with zero attached hydrogens (tertiary/aromatic N) is 3. The standard InChI is InChI=1S/C14H14N4O3.CH4O3S/c15-14(19)12-4-7-17(8-5-12)10-21-11-18-6-2-1-3-13(18)9-16-20;1-5(2,3)4/h1-9H,10-11H2,(H-,15,19);1H3,(H,2,3,4)/p+1/b13-9+;. The fourth-order valence-electron chi connectivity index (χ4n) is 1.73. The van der Waals surface area contributed by atoms with Crippen LogP contribution in [0.4, 0.5) is 0 Å². The number of hydrogen-bond donors (Lipinski definition) is 2. The van der Waals surface area contributed by atoms with E-state index in [1.165, 1.54) is 6.20 Å². The summed E-state index contributed by atoms with van der Waals surface area (Å²) in [6, 6.07) is 3.24. The van der Waals surface area contributed by atoms with E-state index in [2.05, 4.69) is 5.18 Å². The molecular weight excluding hydrogens is 364 g/mol. The van der Waals surface area contributed by atoms with Crippen molar-refractivity contribution in [3.05, 3.63) is 71.3 Å². The molecule has 0 aliphatic carbocycles. The first-order valence-electron chi connectivity index (χ1n) is 7.14. The fraction of sp³-hybridized carbons (Fsp3) is 0.200. The van der Waals surface area contributed by atoms with Gasteiger partial charge in [-0.25, -0.2) is 0 Å². The maximum absolute atomic E-state index is 11.0. The van der Waals surface area contributed by atoms with Gasteiger partial charge in [-0.2, -0.15) is 13.0 Å². The Labute approximate surface area is 150 Å². The molecule has 1 aliphatic rings. The van der Waals surface area contributed by atoms with Crippen molar-refractivity contribution in [3.8, 4) is 0 Å². The van der Waals surface area contributed by atoms with E-state index in [0.29, 0.717) is 24.2 Å². The van der Waals surface area contributed by atoms with E-state index in [-0.39, 0.29) is 6.73 Å². The second kappa shape index (κ2) is 10.2. The third-order valence-electron chi connectivity index (χ3n) is 2.81. The summed E-state index contributed by atoms with van der Waals surface area (Å²) in [4.78, 5) is 23.0. The van der Waals surface area contributed by atoms with Crippen molar-refractivity contribution in [2.45, 2.75) is 6.73 Å². The summed E-state index contributed by atoms with van der Waals surface area (Å²) in [7, 11) is -3.67. The highest BCUT2D eigenvalue weighted by atomic mass is 32.2. The summed E-state index contributed by atoms with van der Waals surface area (Å²) in [6.45, 7) is 0.571. The number of carbonyl (C=O) groups excluding carboxylic acids is 1. The Bertz CT molecular complexity index is 807. The summed E-state index contributed by atoms with van der Waals surface area (Å²) >= 11 is 0. The lowest BCUT2D eigenvalue weighted by atomic mass is 10.2. The number of hydrogen-bond acceptors (Lipinski definition) is 7. The predicted octanol–water partition coefficient (Wildman–Crippen LogP) is 0.502. The van der Waals surface area contributed by atoms with Crippen molar-refractivity contribution in [3.63, 3.8) is 0 Å². The zero-order valence-corrected chi connectivity index (χ0v) is 14.7. The van der Waals surface area contributed by atoms with Crippen LogP contribution in [-0.4, -0.2) is 36.8 Å². The summed E-state index contributed by atoms with van der Waals surface area (Å²) in [6.07, 6.45) is 12.5. The molecule has 140 valence electrons. The molecule has 0 saturated carbocycles. The molecule has 0 unspecified atom stereocenters. The highest BCUT2D eigenvalue weighted by Gasteiger charge is 2.09. The largest absolute Gasteiger partial charge is 0.366 e. The molecule has 0 radical (unpaired) electrons.